The molecule has 0 aromatic heterocycles. The number of ether oxygens (including phenoxy) is 1. The summed E-state index contributed by atoms with van der Waals surface area (Å²) in [5.74, 6) is 1.38. The Morgan fingerprint density at radius 1 is 1.38 bits per heavy atom. The van der Waals surface area contributed by atoms with Gasteiger partial charge in [-0.2, -0.15) is 0 Å². The van der Waals surface area contributed by atoms with Crippen molar-refractivity contribution in [2.45, 2.75) is 31.2 Å². The summed E-state index contributed by atoms with van der Waals surface area (Å²) in [5, 5.41) is 0. The second kappa shape index (κ2) is 6.90. The fraction of sp³-hybridized carbons (Fsp3) is 0.500. The molecule has 0 saturated heterocycles. The first kappa shape index (κ1) is 15.8. The molecule has 3 heteroatoms. The van der Waals surface area contributed by atoms with Crippen molar-refractivity contribution in [2.24, 2.45) is 5.92 Å². The minimum absolute atomic E-state index is 0.218. The third-order valence-electron chi connectivity index (χ3n) is 4.63. The summed E-state index contributed by atoms with van der Waals surface area (Å²) in [6, 6.07) is 8.64. The van der Waals surface area contributed by atoms with E-state index in [-0.39, 0.29) is 5.92 Å². The molecule has 0 aliphatic heterocycles. The molecule has 0 unspecified atom stereocenters. The number of hydrogen-bond donors (Lipinski definition) is 0. The van der Waals surface area contributed by atoms with Crippen LogP contribution in [0.3, 0.4) is 0 Å². The largest absolute Gasteiger partial charge is 0.497 e. The summed E-state index contributed by atoms with van der Waals surface area (Å²) in [7, 11) is 5.92. The molecule has 21 heavy (non-hydrogen) atoms. The number of nitrogens with zero attached hydrogens (tertiary/aromatic N) is 1. The van der Waals surface area contributed by atoms with Crippen molar-refractivity contribution >= 4 is 6.29 Å². The number of carbonyl (C=O) groups excluding carboxylic acids is 1. The monoisotopic (exact) mass is 287 g/mol. The lowest BCUT2D eigenvalue weighted by Gasteiger charge is -2.42. The van der Waals surface area contributed by atoms with Crippen molar-refractivity contribution in [3.63, 3.8) is 0 Å². The number of benzene rings is 1. The van der Waals surface area contributed by atoms with E-state index in [4.69, 9.17) is 4.74 Å². The second-order valence-electron chi connectivity index (χ2n) is 6.06. The molecule has 114 valence electrons. The zero-order valence-electron chi connectivity index (χ0n) is 13.2. The van der Waals surface area contributed by atoms with Crippen molar-refractivity contribution in [3.8, 4) is 5.75 Å². The quantitative estimate of drug-likeness (QED) is 0.615. The number of methoxy groups -OCH3 is 1. The second-order valence-corrected chi connectivity index (χ2v) is 6.06. The highest BCUT2D eigenvalue weighted by molar-refractivity contribution is 5.73. The molecule has 1 aliphatic rings. The molecule has 2 rings (SSSR count). The van der Waals surface area contributed by atoms with Crippen molar-refractivity contribution in [2.75, 3.05) is 21.2 Å². The number of rotatable bonds is 5. The Hall–Kier alpha value is -1.61. The standard InChI is InChI=1S/C18H25NO2/c1-13(12-20)16-9-6-10-17(19(2)3)18(16)14-7-5-8-15(11-14)21-4/h5,7-8,11-12,16-18H,1,6,9-10H2,2-4H3/t16-,17-,18-/m0/s1. The summed E-state index contributed by atoms with van der Waals surface area (Å²) in [6.07, 6.45) is 4.25. The van der Waals surface area contributed by atoms with E-state index < -0.39 is 0 Å². The fourth-order valence-corrected chi connectivity index (χ4v) is 3.56. The van der Waals surface area contributed by atoms with Crippen LogP contribution in [-0.2, 0) is 4.79 Å². The van der Waals surface area contributed by atoms with E-state index in [0.717, 1.165) is 36.9 Å². The van der Waals surface area contributed by atoms with Gasteiger partial charge in [-0.1, -0.05) is 25.1 Å². The number of aldehydes is 1. The zero-order valence-corrected chi connectivity index (χ0v) is 13.2. The molecule has 0 amide bonds. The Balaban J connectivity index is 2.42. The van der Waals surface area contributed by atoms with E-state index in [1.807, 2.05) is 12.1 Å². The van der Waals surface area contributed by atoms with Crippen LogP contribution in [0.25, 0.3) is 0 Å². The van der Waals surface area contributed by atoms with E-state index in [1.54, 1.807) is 7.11 Å². The third-order valence-corrected chi connectivity index (χ3v) is 4.63. The highest BCUT2D eigenvalue weighted by Gasteiger charge is 2.36. The van der Waals surface area contributed by atoms with Gasteiger partial charge in [0.2, 0.25) is 0 Å². The molecule has 1 fully saturated rings. The smallest absolute Gasteiger partial charge is 0.145 e. The predicted molar refractivity (Wildman–Crippen MR) is 85.8 cm³/mol. The molecule has 0 bridgehead atoms. The van der Waals surface area contributed by atoms with Crippen LogP contribution in [0.5, 0.6) is 5.75 Å². The minimum Gasteiger partial charge on any atom is -0.497 e. The highest BCUT2D eigenvalue weighted by Crippen LogP contribution is 2.43. The van der Waals surface area contributed by atoms with Gasteiger partial charge in [-0.15, -0.1) is 0 Å². The van der Waals surface area contributed by atoms with E-state index in [1.165, 1.54) is 5.56 Å². The normalized spacial score (nSPS) is 25.6. The molecule has 1 aromatic rings. The summed E-state index contributed by atoms with van der Waals surface area (Å²) in [6.45, 7) is 3.99. The van der Waals surface area contributed by atoms with Gasteiger partial charge in [0.1, 0.15) is 12.0 Å². The first-order valence-electron chi connectivity index (χ1n) is 7.52. The van der Waals surface area contributed by atoms with Crippen LogP contribution in [0, 0.1) is 5.92 Å². The maximum Gasteiger partial charge on any atom is 0.145 e. The number of allylic oxidation sites excluding steroid dienone is 1. The maximum absolute atomic E-state index is 11.2. The third kappa shape index (κ3) is 3.35. The van der Waals surface area contributed by atoms with E-state index in [2.05, 4.69) is 37.7 Å². The van der Waals surface area contributed by atoms with Gasteiger partial charge in [-0.25, -0.2) is 0 Å². The van der Waals surface area contributed by atoms with Gasteiger partial charge < -0.3 is 9.64 Å². The average Bonchev–Trinajstić information content (AvgIpc) is 2.53. The first-order valence-corrected chi connectivity index (χ1v) is 7.52. The Morgan fingerprint density at radius 2 is 2.14 bits per heavy atom. The SMILES string of the molecule is C=C(C=O)[C@@H]1CCC[C@H](N(C)C)[C@H]1c1cccc(OC)c1. The number of likely N-dealkylation sites (N-methyl/N-ethyl adjacent to an activating group) is 1. The molecule has 0 spiro atoms. The molecule has 3 atom stereocenters. The van der Waals surface area contributed by atoms with Crippen LogP contribution in [0.1, 0.15) is 30.7 Å². The summed E-state index contributed by atoms with van der Waals surface area (Å²) in [4.78, 5) is 13.5. The summed E-state index contributed by atoms with van der Waals surface area (Å²) in [5.41, 5.74) is 1.95. The molecular formula is C18H25NO2. The lowest BCUT2D eigenvalue weighted by atomic mass is 9.69. The maximum atomic E-state index is 11.2. The van der Waals surface area contributed by atoms with E-state index in [9.17, 15) is 4.79 Å². The molecule has 3 nitrogen and oxygen atoms in total. The van der Waals surface area contributed by atoms with Gasteiger partial charge in [0.25, 0.3) is 0 Å². The zero-order chi connectivity index (χ0) is 15.4. The molecule has 0 heterocycles. The average molecular weight is 287 g/mol. The molecule has 1 aromatic carbocycles. The summed E-state index contributed by atoms with van der Waals surface area (Å²) >= 11 is 0. The van der Waals surface area contributed by atoms with Gasteiger partial charge in [0.15, 0.2) is 0 Å². The Morgan fingerprint density at radius 3 is 2.76 bits per heavy atom. The van der Waals surface area contributed by atoms with Crippen LogP contribution in [-0.4, -0.2) is 38.4 Å². The van der Waals surface area contributed by atoms with Gasteiger partial charge in [-0.3, -0.25) is 4.79 Å². The van der Waals surface area contributed by atoms with Crippen LogP contribution < -0.4 is 4.74 Å². The van der Waals surface area contributed by atoms with Crippen LogP contribution in [0.15, 0.2) is 36.4 Å². The van der Waals surface area contributed by atoms with Crippen molar-refractivity contribution in [1.29, 1.82) is 0 Å². The van der Waals surface area contributed by atoms with Crippen molar-refractivity contribution in [3.05, 3.63) is 42.0 Å². The van der Waals surface area contributed by atoms with Gasteiger partial charge >= 0.3 is 0 Å². The first-order chi connectivity index (χ1) is 10.1. The van der Waals surface area contributed by atoms with Crippen LogP contribution in [0.2, 0.25) is 0 Å². The molecule has 0 N–H and O–H groups in total. The van der Waals surface area contributed by atoms with Gasteiger partial charge in [0.05, 0.1) is 7.11 Å². The van der Waals surface area contributed by atoms with Crippen LogP contribution >= 0.6 is 0 Å². The van der Waals surface area contributed by atoms with Crippen LogP contribution in [0.4, 0.5) is 0 Å². The number of hydrogen-bond acceptors (Lipinski definition) is 3. The fourth-order valence-electron chi connectivity index (χ4n) is 3.56. The molecule has 0 radical (unpaired) electrons. The lowest BCUT2D eigenvalue weighted by Crippen LogP contribution is -2.41. The van der Waals surface area contributed by atoms with Crippen molar-refractivity contribution < 1.29 is 9.53 Å². The molecule has 1 saturated carbocycles. The highest BCUT2D eigenvalue weighted by atomic mass is 16.5. The topological polar surface area (TPSA) is 29.5 Å². The number of carbonyl (C=O) groups is 1. The van der Waals surface area contributed by atoms with E-state index in [0.29, 0.717) is 12.0 Å². The predicted octanol–water partition coefficient (Wildman–Crippen LogP) is 3.26. The lowest BCUT2D eigenvalue weighted by molar-refractivity contribution is -0.105. The van der Waals surface area contributed by atoms with E-state index >= 15 is 0 Å². The molecule has 1 aliphatic carbocycles. The van der Waals surface area contributed by atoms with Gasteiger partial charge in [-0.05, 0) is 56.1 Å². The summed E-state index contributed by atoms with van der Waals surface area (Å²) < 4.78 is 5.36. The van der Waals surface area contributed by atoms with Gasteiger partial charge in [0, 0.05) is 12.0 Å². The minimum atomic E-state index is 0.218. The Bertz CT molecular complexity index is 510. The Labute approximate surface area is 127 Å². The Kier molecular flexibility index (Phi) is 5.18. The molecular weight excluding hydrogens is 262 g/mol. The van der Waals surface area contributed by atoms with Crippen molar-refractivity contribution in [1.82, 2.24) is 4.90 Å².